The monoisotopic (exact) mass is 210 g/mol. The van der Waals surface area contributed by atoms with Crippen molar-refractivity contribution < 1.29 is 13.9 Å². The summed E-state index contributed by atoms with van der Waals surface area (Å²) in [6.45, 7) is 5.97. The lowest BCUT2D eigenvalue weighted by molar-refractivity contribution is -0.219. The van der Waals surface area contributed by atoms with Gasteiger partial charge in [0, 0.05) is 5.92 Å². The molecule has 3 heteroatoms. The van der Waals surface area contributed by atoms with Gasteiger partial charge in [0.05, 0.1) is 19.5 Å². The first kappa shape index (κ1) is 10.7. The van der Waals surface area contributed by atoms with Crippen molar-refractivity contribution in [3.8, 4) is 0 Å². The van der Waals surface area contributed by atoms with E-state index in [4.69, 9.17) is 13.9 Å². The Labute approximate surface area is 90.4 Å². The molecule has 3 nitrogen and oxygen atoms in total. The molecule has 1 aromatic heterocycles. The Morgan fingerprint density at radius 3 is 2.67 bits per heavy atom. The largest absolute Gasteiger partial charge is 0.464 e. The van der Waals surface area contributed by atoms with Gasteiger partial charge in [-0.15, -0.1) is 0 Å². The molecule has 0 amide bonds. The Morgan fingerprint density at radius 1 is 1.40 bits per heavy atom. The summed E-state index contributed by atoms with van der Waals surface area (Å²) in [7, 11) is 0. The van der Waals surface area contributed by atoms with Crippen LogP contribution in [0, 0.1) is 11.8 Å². The molecule has 1 unspecified atom stereocenters. The summed E-state index contributed by atoms with van der Waals surface area (Å²) in [6, 6.07) is 3.73. The first-order valence-corrected chi connectivity index (χ1v) is 5.58. The SMILES string of the molecule is CCC(C)C1COC(c2ccco2)OC1. The minimum atomic E-state index is -0.305. The summed E-state index contributed by atoms with van der Waals surface area (Å²) in [6.07, 6.45) is 2.51. The standard InChI is InChI=1S/C12H18O3/c1-3-9(2)10-7-14-12(15-8-10)11-5-4-6-13-11/h4-6,9-10,12H,3,7-8H2,1-2H3. The van der Waals surface area contributed by atoms with Crippen LogP contribution in [0.25, 0.3) is 0 Å². The van der Waals surface area contributed by atoms with E-state index in [0.717, 1.165) is 19.0 Å². The second-order valence-corrected chi connectivity index (χ2v) is 4.16. The fraction of sp³-hybridized carbons (Fsp3) is 0.667. The van der Waals surface area contributed by atoms with E-state index < -0.39 is 0 Å². The highest BCUT2D eigenvalue weighted by Gasteiger charge is 2.27. The van der Waals surface area contributed by atoms with E-state index in [9.17, 15) is 0 Å². The van der Waals surface area contributed by atoms with Crippen molar-refractivity contribution >= 4 is 0 Å². The zero-order valence-electron chi connectivity index (χ0n) is 9.31. The summed E-state index contributed by atoms with van der Waals surface area (Å²) >= 11 is 0. The van der Waals surface area contributed by atoms with Gasteiger partial charge in [0.1, 0.15) is 0 Å². The number of furan rings is 1. The fourth-order valence-electron chi connectivity index (χ4n) is 1.77. The molecule has 15 heavy (non-hydrogen) atoms. The molecule has 1 aliphatic heterocycles. The minimum Gasteiger partial charge on any atom is -0.464 e. The van der Waals surface area contributed by atoms with Crippen molar-refractivity contribution in [3.63, 3.8) is 0 Å². The smallest absolute Gasteiger partial charge is 0.217 e. The Kier molecular flexibility index (Phi) is 3.44. The van der Waals surface area contributed by atoms with Crippen molar-refractivity contribution in [1.29, 1.82) is 0 Å². The van der Waals surface area contributed by atoms with Gasteiger partial charge in [0.2, 0.25) is 6.29 Å². The van der Waals surface area contributed by atoms with E-state index in [1.807, 2.05) is 12.1 Å². The lowest BCUT2D eigenvalue weighted by atomic mass is 9.93. The zero-order chi connectivity index (χ0) is 10.7. The molecule has 1 aliphatic rings. The molecule has 2 heterocycles. The van der Waals surface area contributed by atoms with Crippen LogP contribution >= 0.6 is 0 Å². The van der Waals surface area contributed by atoms with Crippen LogP contribution in [-0.4, -0.2) is 13.2 Å². The van der Waals surface area contributed by atoms with E-state index in [1.54, 1.807) is 6.26 Å². The molecule has 0 saturated carbocycles. The van der Waals surface area contributed by atoms with E-state index >= 15 is 0 Å². The van der Waals surface area contributed by atoms with Crippen molar-refractivity contribution in [1.82, 2.24) is 0 Å². The van der Waals surface area contributed by atoms with Crippen molar-refractivity contribution in [3.05, 3.63) is 24.2 Å². The summed E-state index contributed by atoms with van der Waals surface area (Å²) < 4.78 is 16.5. The second-order valence-electron chi connectivity index (χ2n) is 4.16. The van der Waals surface area contributed by atoms with Gasteiger partial charge >= 0.3 is 0 Å². The minimum absolute atomic E-state index is 0.305. The zero-order valence-corrected chi connectivity index (χ0v) is 9.31. The van der Waals surface area contributed by atoms with Crippen LogP contribution in [0.5, 0.6) is 0 Å². The summed E-state index contributed by atoms with van der Waals surface area (Å²) in [5.74, 6) is 1.93. The molecule has 1 fully saturated rings. The first-order valence-electron chi connectivity index (χ1n) is 5.58. The Morgan fingerprint density at radius 2 is 2.13 bits per heavy atom. The van der Waals surface area contributed by atoms with Crippen LogP contribution in [0.15, 0.2) is 22.8 Å². The lowest BCUT2D eigenvalue weighted by Crippen LogP contribution is -2.30. The van der Waals surface area contributed by atoms with Gasteiger partial charge in [-0.05, 0) is 18.1 Å². The molecule has 0 spiro atoms. The van der Waals surface area contributed by atoms with Gasteiger partial charge in [0.25, 0.3) is 0 Å². The molecule has 0 aliphatic carbocycles. The predicted molar refractivity (Wildman–Crippen MR) is 56.3 cm³/mol. The van der Waals surface area contributed by atoms with Crippen LogP contribution in [-0.2, 0) is 9.47 Å². The second kappa shape index (κ2) is 4.81. The molecule has 0 radical (unpaired) electrons. The first-order chi connectivity index (χ1) is 7.31. The molecule has 2 rings (SSSR count). The summed E-state index contributed by atoms with van der Waals surface area (Å²) in [5, 5.41) is 0. The van der Waals surface area contributed by atoms with Gasteiger partial charge in [0.15, 0.2) is 5.76 Å². The highest BCUT2D eigenvalue weighted by molar-refractivity contribution is 5.00. The van der Waals surface area contributed by atoms with Crippen LogP contribution in [0.3, 0.4) is 0 Å². The Balaban J connectivity index is 1.87. The van der Waals surface area contributed by atoms with Crippen LogP contribution in [0.1, 0.15) is 32.3 Å². The number of hydrogen-bond donors (Lipinski definition) is 0. The van der Waals surface area contributed by atoms with E-state index in [1.165, 1.54) is 6.42 Å². The average molecular weight is 210 g/mol. The van der Waals surface area contributed by atoms with Gasteiger partial charge in [-0.3, -0.25) is 0 Å². The van der Waals surface area contributed by atoms with Crippen molar-refractivity contribution in [2.24, 2.45) is 11.8 Å². The summed E-state index contributed by atoms with van der Waals surface area (Å²) in [5.41, 5.74) is 0. The number of rotatable bonds is 3. The van der Waals surface area contributed by atoms with E-state index in [2.05, 4.69) is 13.8 Å². The number of hydrogen-bond acceptors (Lipinski definition) is 3. The molecule has 84 valence electrons. The van der Waals surface area contributed by atoms with Gasteiger partial charge in [-0.25, -0.2) is 0 Å². The maximum Gasteiger partial charge on any atom is 0.217 e. The third-order valence-corrected chi connectivity index (χ3v) is 3.15. The lowest BCUT2D eigenvalue weighted by Gasteiger charge is -2.31. The van der Waals surface area contributed by atoms with Crippen molar-refractivity contribution in [2.45, 2.75) is 26.6 Å². The van der Waals surface area contributed by atoms with Gasteiger partial charge in [-0.2, -0.15) is 0 Å². The molecular formula is C12H18O3. The van der Waals surface area contributed by atoms with E-state index in [-0.39, 0.29) is 6.29 Å². The maximum atomic E-state index is 5.64. The third-order valence-electron chi connectivity index (χ3n) is 3.15. The molecule has 0 aromatic carbocycles. The van der Waals surface area contributed by atoms with Crippen molar-refractivity contribution in [2.75, 3.05) is 13.2 Å². The molecule has 1 saturated heterocycles. The molecule has 0 N–H and O–H groups in total. The van der Waals surface area contributed by atoms with Crippen LogP contribution in [0.4, 0.5) is 0 Å². The molecule has 1 aromatic rings. The average Bonchev–Trinajstić information content (AvgIpc) is 2.82. The van der Waals surface area contributed by atoms with Crippen LogP contribution < -0.4 is 0 Å². The summed E-state index contributed by atoms with van der Waals surface area (Å²) in [4.78, 5) is 0. The fourth-order valence-corrected chi connectivity index (χ4v) is 1.77. The Hall–Kier alpha value is -0.800. The highest BCUT2D eigenvalue weighted by Crippen LogP contribution is 2.29. The highest BCUT2D eigenvalue weighted by atomic mass is 16.7. The van der Waals surface area contributed by atoms with Gasteiger partial charge < -0.3 is 13.9 Å². The maximum absolute atomic E-state index is 5.64. The topological polar surface area (TPSA) is 31.6 Å². The van der Waals surface area contributed by atoms with Crippen LogP contribution in [0.2, 0.25) is 0 Å². The quantitative estimate of drug-likeness (QED) is 0.768. The third kappa shape index (κ3) is 2.41. The molecule has 0 bridgehead atoms. The van der Waals surface area contributed by atoms with Gasteiger partial charge in [-0.1, -0.05) is 20.3 Å². The number of ether oxygens (including phenoxy) is 2. The molecule has 1 atom stereocenters. The molecular weight excluding hydrogens is 192 g/mol. The van der Waals surface area contributed by atoms with E-state index in [0.29, 0.717) is 11.8 Å². The normalized spacial score (nSPS) is 28.9. The predicted octanol–water partition coefficient (Wildman–Crippen LogP) is 2.99. The Bertz CT molecular complexity index is 273.